The Kier molecular flexibility index (Phi) is 3.68. The second-order valence-corrected chi connectivity index (χ2v) is 5.51. The Balaban J connectivity index is 3.25. The van der Waals surface area contributed by atoms with Crippen LogP contribution in [0.2, 0.25) is 0 Å². The van der Waals surface area contributed by atoms with Gasteiger partial charge >= 0.3 is 0 Å². The topological polar surface area (TPSA) is 97.7 Å². The first-order valence-electron chi connectivity index (χ1n) is 4.14. The van der Waals surface area contributed by atoms with Crippen molar-refractivity contribution in [1.82, 2.24) is 0 Å². The number of benzene rings is 1. The van der Waals surface area contributed by atoms with Gasteiger partial charge in [-0.2, -0.15) is 8.42 Å². The van der Waals surface area contributed by atoms with Gasteiger partial charge < -0.3 is 8.86 Å². The first kappa shape index (κ1) is 13.1. The van der Waals surface area contributed by atoms with Crippen molar-refractivity contribution in [3.8, 4) is 0 Å². The fourth-order valence-corrected chi connectivity index (χ4v) is 2.20. The van der Waals surface area contributed by atoms with Gasteiger partial charge in [0.05, 0.1) is 4.90 Å². The molecule has 1 rings (SSSR count). The second-order valence-electron chi connectivity index (χ2n) is 3.14. The molecule has 1 unspecified atom stereocenters. The monoisotopic (exact) mass is 264 g/mol. The molecule has 0 saturated heterocycles. The lowest BCUT2D eigenvalue weighted by molar-refractivity contribution is 0.482. The van der Waals surface area contributed by atoms with Crippen LogP contribution in [0.1, 0.15) is 5.56 Å². The lowest BCUT2D eigenvalue weighted by atomic mass is 10.2. The van der Waals surface area contributed by atoms with Gasteiger partial charge in [-0.15, -0.1) is 0 Å². The molecule has 0 amide bonds. The molecule has 0 aliphatic rings. The Labute approximate surface area is 96.1 Å². The zero-order chi connectivity index (χ0) is 12.5. The Hall–Kier alpha value is -0.960. The third kappa shape index (κ3) is 2.79. The van der Waals surface area contributed by atoms with Crippen LogP contribution in [0.4, 0.5) is 5.69 Å². The summed E-state index contributed by atoms with van der Waals surface area (Å²) in [6.45, 7) is 1.47. The van der Waals surface area contributed by atoms with E-state index in [1.165, 1.54) is 26.1 Å². The summed E-state index contributed by atoms with van der Waals surface area (Å²) in [5.41, 5.74) is 0.593. The number of aryl methyl sites for hydroxylation is 1. The van der Waals surface area contributed by atoms with Gasteiger partial charge in [-0.05, 0) is 30.7 Å². The molecule has 6 nitrogen and oxygen atoms in total. The Morgan fingerprint density at radius 2 is 2.00 bits per heavy atom. The molecule has 90 valence electrons. The molecule has 0 spiro atoms. The summed E-state index contributed by atoms with van der Waals surface area (Å²) < 4.78 is 52.9. The summed E-state index contributed by atoms with van der Waals surface area (Å²) in [5.74, 6) is 0. The zero-order valence-corrected chi connectivity index (χ0v) is 10.2. The lowest BCUT2D eigenvalue weighted by Gasteiger charge is -2.21. The van der Waals surface area contributed by atoms with E-state index in [0.29, 0.717) is 5.69 Å². The van der Waals surface area contributed by atoms with Crippen molar-refractivity contribution in [3.05, 3.63) is 23.8 Å². The summed E-state index contributed by atoms with van der Waals surface area (Å²) in [4.78, 5) is -0.235. The number of anilines is 1. The second kappa shape index (κ2) is 4.50. The van der Waals surface area contributed by atoms with Gasteiger partial charge in [-0.3, -0.25) is 8.76 Å². The highest BCUT2D eigenvalue weighted by atomic mass is 32.2. The third-order valence-electron chi connectivity index (χ3n) is 2.02. The Morgan fingerprint density at radius 1 is 1.44 bits per heavy atom. The van der Waals surface area contributed by atoms with E-state index >= 15 is 0 Å². The van der Waals surface area contributed by atoms with Crippen LogP contribution in [0.5, 0.6) is 0 Å². The number of hydrogen-bond donors (Lipinski definition) is 1. The summed E-state index contributed by atoms with van der Waals surface area (Å²) in [6.07, 6.45) is 0. The van der Waals surface area contributed by atoms with E-state index in [2.05, 4.69) is 0 Å². The van der Waals surface area contributed by atoms with Crippen LogP contribution in [0.15, 0.2) is 23.1 Å². The van der Waals surface area contributed by atoms with Crippen LogP contribution in [-0.2, 0) is 21.4 Å². The Morgan fingerprint density at radius 3 is 2.38 bits per heavy atom. The molecule has 1 aromatic carbocycles. The Bertz CT molecular complexity index is 525. The number of hydrogen-bond acceptors (Lipinski definition) is 4. The maximum atomic E-state index is 10.9. The van der Waals surface area contributed by atoms with Crippen molar-refractivity contribution < 1.29 is 21.7 Å². The smallest absolute Gasteiger partial charge is 0.294 e. The minimum Gasteiger partial charge on any atom is -0.755 e. The average molecular weight is 264 g/mol. The summed E-state index contributed by atoms with van der Waals surface area (Å²) in [5, 5.41) is 0. The van der Waals surface area contributed by atoms with Crippen LogP contribution in [-0.4, -0.2) is 28.8 Å². The molecule has 16 heavy (non-hydrogen) atoms. The summed E-state index contributed by atoms with van der Waals surface area (Å²) in [6, 6.07) is 3.81. The van der Waals surface area contributed by atoms with E-state index in [1.54, 1.807) is 0 Å². The molecule has 1 N–H and O–H groups in total. The van der Waals surface area contributed by atoms with Gasteiger partial charge in [-0.25, -0.2) is 0 Å². The normalized spacial score (nSPS) is 13.5. The van der Waals surface area contributed by atoms with E-state index in [-0.39, 0.29) is 10.5 Å². The van der Waals surface area contributed by atoms with Crippen molar-refractivity contribution in [2.24, 2.45) is 0 Å². The van der Waals surface area contributed by atoms with Gasteiger partial charge in [-0.1, -0.05) is 0 Å². The van der Waals surface area contributed by atoms with Crippen molar-refractivity contribution >= 4 is 27.1 Å². The van der Waals surface area contributed by atoms with Gasteiger partial charge in [0.1, 0.15) is 0 Å². The summed E-state index contributed by atoms with van der Waals surface area (Å²) >= 11 is -2.43. The molecular formula is C8H10NO5S2-. The van der Waals surface area contributed by atoms with Crippen LogP contribution in [0.25, 0.3) is 0 Å². The predicted molar refractivity (Wildman–Crippen MR) is 58.3 cm³/mol. The van der Waals surface area contributed by atoms with Crippen molar-refractivity contribution in [2.45, 2.75) is 11.8 Å². The first-order chi connectivity index (χ1) is 7.23. The molecule has 1 aromatic rings. The highest BCUT2D eigenvalue weighted by Crippen LogP contribution is 2.21. The third-order valence-corrected chi connectivity index (χ3v) is 3.70. The van der Waals surface area contributed by atoms with Gasteiger partial charge in [0.2, 0.25) is 0 Å². The van der Waals surface area contributed by atoms with E-state index in [4.69, 9.17) is 4.55 Å². The fraction of sp³-hybridized carbons (Fsp3) is 0.250. The lowest BCUT2D eigenvalue weighted by Crippen LogP contribution is -2.19. The maximum Gasteiger partial charge on any atom is 0.294 e. The largest absolute Gasteiger partial charge is 0.755 e. The van der Waals surface area contributed by atoms with Crippen LogP contribution >= 0.6 is 0 Å². The van der Waals surface area contributed by atoms with Gasteiger partial charge in [0.25, 0.3) is 10.1 Å². The van der Waals surface area contributed by atoms with E-state index < -0.39 is 21.4 Å². The zero-order valence-electron chi connectivity index (χ0n) is 8.58. The molecule has 1 atom stereocenters. The molecule has 8 heteroatoms. The molecule has 0 saturated carbocycles. The molecule has 0 heterocycles. The highest BCUT2D eigenvalue weighted by molar-refractivity contribution is 7.85. The van der Waals surface area contributed by atoms with Crippen LogP contribution in [0.3, 0.4) is 0 Å². The minimum absolute atomic E-state index is 0.235. The molecule has 0 bridgehead atoms. The molecule has 0 radical (unpaired) electrons. The SMILES string of the molecule is Cc1cc(N(C)S(=O)[O-])ccc1S(=O)(=O)O. The van der Waals surface area contributed by atoms with Crippen LogP contribution < -0.4 is 4.31 Å². The van der Waals surface area contributed by atoms with Gasteiger partial charge in [0, 0.05) is 24.0 Å². The molecule has 0 aromatic heterocycles. The molecule has 0 fully saturated rings. The van der Waals surface area contributed by atoms with Crippen LogP contribution in [0, 0.1) is 6.92 Å². The summed E-state index contributed by atoms with van der Waals surface area (Å²) in [7, 11) is -2.94. The quantitative estimate of drug-likeness (QED) is 0.632. The number of rotatable bonds is 3. The standard InChI is InChI=1S/C8H11NO5S2/c1-6-5-7(9(2)15(10)11)3-4-8(6)16(12,13)14/h3-5H,1-2H3,(H,10,11)(H,12,13,14)/p-1. The predicted octanol–water partition coefficient (Wildman–Crippen LogP) is 0.472. The number of nitrogens with zero attached hydrogens (tertiary/aromatic N) is 1. The van der Waals surface area contributed by atoms with E-state index in [1.807, 2.05) is 0 Å². The van der Waals surface area contributed by atoms with Crippen molar-refractivity contribution in [3.63, 3.8) is 0 Å². The minimum atomic E-state index is -4.27. The van der Waals surface area contributed by atoms with E-state index in [9.17, 15) is 17.2 Å². The van der Waals surface area contributed by atoms with Crippen molar-refractivity contribution in [2.75, 3.05) is 11.4 Å². The molecule has 0 aliphatic carbocycles. The highest BCUT2D eigenvalue weighted by Gasteiger charge is 2.14. The van der Waals surface area contributed by atoms with Gasteiger partial charge in [0.15, 0.2) is 0 Å². The first-order valence-corrected chi connectivity index (χ1v) is 6.62. The maximum absolute atomic E-state index is 10.9. The molecule has 0 aliphatic heterocycles. The average Bonchev–Trinajstić information content (AvgIpc) is 2.14. The fourth-order valence-electron chi connectivity index (χ4n) is 1.20. The molecular weight excluding hydrogens is 254 g/mol. The van der Waals surface area contributed by atoms with E-state index in [0.717, 1.165) is 10.4 Å². The van der Waals surface area contributed by atoms with Crippen molar-refractivity contribution in [1.29, 1.82) is 0 Å².